The van der Waals surface area contributed by atoms with Gasteiger partial charge in [0.1, 0.15) is 11.9 Å². The molecule has 3 rings (SSSR count). The fourth-order valence-corrected chi connectivity index (χ4v) is 5.80. The fourth-order valence-electron chi connectivity index (χ4n) is 4.41. The Labute approximate surface area is 240 Å². The molecular formula is C26H40N8O6S. The zero-order chi connectivity index (χ0) is 30.0. The molecule has 15 heteroatoms. The molecule has 4 N–H and O–H groups in total. The zero-order valence-electron chi connectivity index (χ0n) is 23.7. The minimum Gasteiger partial charge on any atom is -0.480 e. The molecule has 0 aromatic carbocycles. The van der Waals surface area contributed by atoms with Crippen LogP contribution in [-0.4, -0.2) is 101 Å². The quantitative estimate of drug-likeness (QED) is 0.249. The van der Waals surface area contributed by atoms with Gasteiger partial charge in [-0.1, -0.05) is 19.4 Å². The van der Waals surface area contributed by atoms with Crippen LogP contribution >= 0.6 is 0 Å². The number of nitrogens with one attached hydrogen (secondary N) is 3. The minimum atomic E-state index is -3.73. The monoisotopic (exact) mass is 592 g/mol. The highest BCUT2D eigenvalue weighted by molar-refractivity contribution is 7.89. The number of carbonyl (C=O) groups is 3. The van der Waals surface area contributed by atoms with Gasteiger partial charge in [0.05, 0.1) is 25.0 Å². The number of aromatic nitrogens is 3. The average Bonchev–Trinajstić information content (AvgIpc) is 3.36. The number of carboxylic acid groups (broad SMARTS) is 1. The van der Waals surface area contributed by atoms with Gasteiger partial charge >= 0.3 is 12.0 Å². The molecule has 3 amide bonds. The van der Waals surface area contributed by atoms with E-state index in [1.54, 1.807) is 30.4 Å². The molecule has 1 atom stereocenters. The Morgan fingerprint density at radius 3 is 2.63 bits per heavy atom. The van der Waals surface area contributed by atoms with Gasteiger partial charge in [0.15, 0.2) is 0 Å². The van der Waals surface area contributed by atoms with E-state index in [1.165, 1.54) is 10.9 Å². The first kappa shape index (κ1) is 32.0. The summed E-state index contributed by atoms with van der Waals surface area (Å²) >= 11 is 0. The van der Waals surface area contributed by atoms with Crippen LogP contribution in [0.5, 0.6) is 0 Å². The van der Waals surface area contributed by atoms with E-state index < -0.39 is 22.0 Å². The van der Waals surface area contributed by atoms with Crippen LogP contribution in [0.4, 0.5) is 10.6 Å². The molecule has 1 aliphatic heterocycles. The van der Waals surface area contributed by atoms with Crippen molar-refractivity contribution in [3.05, 3.63) is 41.9 Å². The van der Waals surface area contributed by atoms with Crippen LogP contribution in [0.2, 0.25) is 0 Å². The molecule has 2 aromatic rings. The largest absolute Gasteiger partial charge is 0.480 e. The lowest BCUT2D eigenvalue weighted by Crippen LogP contribution is -2.48. The molecule has 3 heterocycles. The summed E-state index contributed by atoms with van der Waals surface area (Å²) in [4.78, 5) is 44.6. The molecule has 1 fully saturated rings. The predicted octanol–water partition coefficient (Wildman–Crippen LogP) is 1.00. The molecule has 1 saturated heterocycles. The maximum Gasteiger partial charge on any atom is 0.323 e. The molecule has 0 radical (unpaired) electrons. The van der Waals surface area contributed by atoms with Crippen molar-refractivity contribution in [3.8, 4) is 0 Å². The second-order valence-corrected chi connectivity index (χ2v) is 12.2. The van der Waals surface area contributed by atoms with Crippen LogP contribution < -0.4 is 15.4 Å². The molecule has 0 spiro atoms. The average molecular weight is 593 g/mol. The van der Waals surface area contributed by atoms with Crippen LogP contribution in [-0.2, 0) is 32.7 Å². The lowest BCUT2D eigenvalue weighted by molar-refractivity contribution is -0.139. The summed E-state index contributed by atoms with van der Waals surface area (Å²) in [5.74, 6) is -0.994. The van der Waals surface area contributed by atoms with Gasteiger partial charge in [0.2, 0.25) is 15.9 Å². The summed E-state index contributed by atoms with van der Waals surface area (Å²) < 4.78 is 27.9. The molecule has 1 aliphatic rings. The van der Waals surface area contributed by atoms with E-state index in [1.807, 2.05) is 24.8 Å². The highest BCUT2D eigenvalue weighted by atomic mass is 32.2. The lowest BCUT2D eigenvalue weighted by atomic mass is 10.1. The number of unbranched alkanes of at least 4 members (excludes halogenated alkanes) is 1. The fraction of sp³-hybridized carbons (Fsp3) is 0.577. The molecule has 1 unspecified atom stereocenters. The predicted molar refractivity (Wildman–Crippen MR) is 153 cm³/mol. The van der Waals surface area contributed by atoms with Gasteiger partial charge < -0.3 is 15.3 Å². The lowest BCUT2D eigenvalue weighted by Gasteiger charge is -2.32. The van der Waals surface area contributed by atoms with Gasteiger partial charge in [-0.2, -0.15) is 9.82 Å². The molecule has 41 heavy (non-hydrogen) atoms. The summed E-state index contributed by atoms with van der Waals surface area (Å²) in [6.07, 6.45) is 7.30. The topological polar surface area (TPSA) is 179 Å². The van der Waals surface area contributed by atoms with Gasteiger partial charge in [-0.05, 0) is 37.8 Å². The number of aliphatic carboxylic acids is 1. The summed E-state index contributed by atoms with van der Waals surface area (Å²) in [6.45, 7) is 5.37. The number of pyridine rings is 1. The maximum atomic E-state index is 12.8. The molecule has 14 nitrogen and oxygen atoms in total. The number of anilines is 1. The first-order valence-corrected chi connectivity index (χ1v) is 15.3. The number of urea groups is 1. The number of aryl methyl sites for hydroxylation is 1. The smallest absolute Gasteiger partial charge is 0.323 e. The number of amides is 3. The third-order valence-corrected chi connectivity index (χ3v) is 8.28. The number of hydrogen-bond acceptors (Lipinski definition) is 8. The molecule has 0 saturated carbocycles. The number of sulfonamides is 1. The Balaban J connectivity index is 1.42. The van der Waals surface area contributed by atoms with E-state index in [4.69, 9.17) is 0 Å². The number of hydrogen-bond donors (Lipinski definition) is 4. The Bertz CT molecular complexity index is 1290. The van der Waals surface area contributed by atoms with Crippen molar-refractivity contribution in [2.75, 3.05) is 37.8 Å². The molecule has 226 valence electrons. The molecule has 2 aromatic heterocycles. The van der Waals surface area contributed by atoms with Crippen molar-refractivity contribution in [1.29, 1.82) is 0 Å². The van der Waals surface area contributed by atoms with Gasteiger partial charge in [-0.25, -0.2) is 18.2 Å². The number of carboxylic acids is 1. The first-order valence-electron chi connectivity index (χ1n) is 13.6. The van der Waals surface area contributed by atoms with Crippen molar-refractivity contribution < 1.29 is 27.9 Å². The Morgan fingerprint density at radius 1 is 1.24 bits per heavy atom. The second-order valence-electron chi connectivity index (χ2n) is 10.3. The SMILES string of the molecule is CCCCS(=O)(=O)NC(Cn1cc(CN(C)C(=O)CN2CCC(NC(=O)Nc3ncccc3C)CC2)cn1)C(=O)O. The Morgan fingerprint density at radius 2 is 1.98 bits per heavy atom. The van der Waals surface area contributed by atoms with E-state index in [9.17, 15) is 27.9 Å². The van der Waals surface area contributed by atoms with Gasteiger partial charge in [0, 0.05) is 50.7 Å². The number of rotatable bonds is 14. The van der Waals surface area contributed by atoms with Crippen molar-refractivity contribution in [1.82, 2.24) is 34.6 Å². The third kappa shape index (κ3) is 10.4. The normalized spacial score (nSPS) is 15.3. The maximum absolute atomic E-state index is 12.8. The minimum absolute atomic E-state index is 0.000288. The van der Waals surface area contributed by atoms with E-state index in [0.29, 0.717) is 50.2 Å². The number of likely N-dealkylation sites (tertiary alicyclic amines) is 1. The molecular weight excluding hydrogens is 552 g/mol. The summed E-state index contributed by atoms with van der Waals surface area (Å²) in [5.41, 5.74) is 1.57. The van der Waals surface area contributed by atoms with E-state index in [2.05, 4.69) is 25.4 Å². The highest BCUT2D eigenvalue weighted by Crippen LogP contribution is 2.13. The Hall–Kier alpha value is -3.56. The van der Waals surface area contributed by atoms with E-state index >= 15 is 0 Å². The number of piperidine rings is 1. The first-order chi connectivity index (χ1) is 19.5. The molecule has 0 aliphatic carbocycles. The number of carbonyl (C=O) groups excluding carboxylic acids is 2. The van der Waals surface area contributed by atoms with Crippen LogP contribution in [0, 0.1) is 6.92 Å². The summed E-state index contributed by atoms with van der Waals surface area (Å²) in [6, 6.07) is 2.02. The van der Waals surface area contributed by atoms with Crippen molar-refractivity contribution in [3.63, 3.8) is 0 Å². The van der Waals surface area contributed by atoms with Gasteiger partial charge in [0.25, 0.3) is 0 Å². The Kier molecular flexibility index (Phi) is 11.6. The van der Waals surface area contributed by atoms with E-state index in [-0.39, 0.29) is 43.4 Å². The summed E-state index contributed by atoms with van der Waals surface area (Å²) in [5, 5.41) is 19.4. The number of likely N-dealkylation sites (N-methyl/N-ethyl adjacent to an activating group) is 1. The summed E-state index contributed by atoms with van der Waals surface area (Å²) in [7, 11) is -2.05. The second kappa shape index (κ2) is 14.9. The number of nitrogens with zero attached hydrogens (tertiary/aromatic N) is 5. The van der Waals surface area contributed by atoms with Crippen LogP contribution in [0.15, 0.2) is 30.7 Å². The van der Waals surface area contributed by atoms with Crippen molar-refractivity contribution in [2.24, 2.45) is 0 Å². The van der Waals surface area contributed by atoms with Crippen molar-refractivity contribution >= 4 is 33.7 Å². The standard InChI is InChI=1S/C26H40N8O6S/c1-4-5-13-41(39,40)31-22(25(36)37)17-34-16-20(14-28-34)15-32(3)23(35)18-33-11-8-21(9-12-33)29-26(38)30-24-19(2)7-6-10-27-24/h6-7,10,14,16,21-22,31H,4-5,8-9,11-13,15,17-18H2,1-3H3,(H,36,37)(H2,27,29,30,38). The van der Waals surface area contributed by atoms with Gasteiger partial charge in [-0.3, -0.25) is 24.5 Å². The molecule has 0 bridgehead atoms. The van der Waals surface area contributed by atoms with Crippen LogP contribution in [0.1, 0.15) is 43.7 Å². The zero-order valence-corrected chi connectivity index (χ0v) is 24.6. The van der Waals surface area contributed by atoms with Crippen molar-refractivity contribution in [2.45, 2.75) is 64.7 Å². The van der Waals surface area contributed by atoms with E-state index in [0.717, 1.165) is 5.56 Å². The third-order valence-electron chi connectivity index (χ3n) is 6.81. The van der Waals surface area contributed by atoms with Crippen LogP contribution in [0.3, 0.4) is 0 Å². The van der Waals surface area contributed by atoms with Crippen LogP contribution in [0.25, 0.3) is 0 Å². The highest BCUT2D eigenvalue weighted by Gasteiger charge is 2.26. The van der Waals surface area contributed by atoms with Gasteiger partial charge in [-0.15, -0.1) is 0 Å².